The minimum atomic E-state index is -4.61. The van der Waals surface area contributed by atoms with E-state index in [2.05, 4.69) is 15.3 Å². The number of carboxylic acids is 1. The van der Waals surface area contributed by atoms with Gasteiger partial charge in [0.1, 0.15) is 0 Å². The van der Waals surface area contributed by atoms with Crippen LogP contribution in [0.5, 0.6) is 0 Å². The smallest absolute Gasteiger partial charge is 0.433 e. The molecule has 0 fully saturated rings. The van der Waals surface area contributed by atoms with Gasteiger partial charge in [0.25, 0.3) is 0 Å². The summed E-state index contributed by atoms with van der Waals surface area (Å²) < 4.78 is 39.3. The number of hydrogen-bond donors (Lipinski definition) is 2. The number of halogens is 3. The number of thiophene rings is 1. The molecule has 0 amide bonds. The molecule has 3 rings (SSSR count). The second-order valence-corrected chi connectivity index (χ2v) is 5.89. The lowest BCUT2D eigenvalue weighted by molar-refractivity contribution is -0.141. The zero-order chi connectivity index (χ0) is 18.0. The van der Waals surface area contributed by atoms with Gasteiger partial charge in [-0.2, -0.15) is 13.2 Å². The van der Waals surface area contributed by atoms with Gasteiger partial charge in [-0.3, -0.25) is 0 Å². The number of aromatic carboxylic acids is 1. The number of hydrogen-bond acceptors (Lipinski definition) is 5. The molecule has 5 nitrogen and oxygen atoms in total. The molecule has 0 saturated heterocycles. The summed E-state index contributed by atoms with van der Waals surface area (Å²) in [5.74, 6) is -1.32. The molecule has 0 atom stereocenters. The van der Waals surface area contributed by atoms with Crippen LogP contribution in [-0.4, -0.2) is 21.0 Å². The lowest BCUT2D eigenvalue weighted by atomic mass is 10.2. The second kappa shape index (κ2) is 6.52. The lowest BCUT2D eigenvalue weighted by Crippen LogP contribution is -2.11. The van der Waals surface area contributed by atoms with Gasteiger partial charge in [0, 0.05) is 5.69 Å². The molecule has 0 aliphatic heterocycles. The van der Waals surface area contributed by atoms with Crippen molar-refractivity contribution >= 4 is 28.9 Å². The first-order valence-corrected chi connectivity index (χ1v) is 7.81. The van der Waals surface area contributed by atoms with E-state index in [0.717, 1.165) is 6.07 Å². The highest BCUT2D eigenvalue weighted by atomic mass is 32.1. The molecule has 3 aromatic rings. The maximum atomic E-state index is 13.1. The molecule has 2 N–H and O–H groups in total. The monoisotopic (exact) mass is 365 g/mol. The predicted molar refractivity (Wildman–Crippen MR) is 87.0 cm³/mol. The number of carboxylic acid groups (broad SMARTS) is 1. The van der Waals surface area contributed by atoms with Crippen molar-refractivity contribution in [3.05, 3.63) is 59.1 Å². The number of aromatic nitrogens is 2. The van der Waals surface area contributed by atoms with E-state index in [4.69, 9.17) is 5.11 Å². The summed E-state index contributed by atoms with van der Waals surface area (Å²) in [5, 5.41) is 13.3. The lowest BCUT2D eigenvalue weighted by Gasteiger charge is -2.11. The van der Waals surface area contributed by atoms with Crippen LogP contribution in [0.2, 0.25) is 0 Å². The van der Waals surface area contributed by atoms with Crippen LogP contribution in [0.25, 0.3) is 10.6 Å². The highest BCUT2D eigenvalue weighted by Gasteiger charge is 2.34. The molecule has 1 aromatic carbocycles. The topological polar surface area (TPSA) is 75.1 Å². The first-order valence-electron chi connectivity index (χ1n) is 6.93. The molecule has 9 heteroatoms. The Labute approximate surface area is 143 Å². The molecule has 0 saturated carbocycles. The van der Waals surface area contributed by atoms with Gasteiger partial charge in [0.05, 0.1) is 16.1 Å². The van der Waals surface area contributed by atoms with Crippen LogP contribution in [0.1, 0.15) is 16.1 Å². The molecule has 0 radical (unpaired) electrons. The number of anilines is 2. The van der Waals surface area contributed by atoms with Crippen molar-refractivity contribution in [2.24, 2.45) is 0 Å². The molecule has 0 aliphatic rings. The first kappa shape index (κ1) is 16.9. The number of benzene rings is 1. The van der Waals surface area contributed by atoms with E-state index < -0.39 is 17.8 Å². The number of nitrogens with zero attached hydrogens (tertiary/aromatic N) is 2. The standard InChI is InChI=1S/C16H10F3N3O2S/c17-16(18,19)13-8-11(12-2-1-7-25-12)21-15(22-13)20-10-5-3-9(4-6-10)14(23)24/h1-8H,(H,23,24)(H,20,21,22). The van der Waals surface area contributed by atoms with Gasteiger partial charge >= 0.3 is 12.1 Å². The van der Waals surface area contributed by atoms with E-state index in [0.29, 0.717) is 10.6 Å². The number of rotatable bonds is 4. The molecule has 2 heterocycles. The van der Waals surface area contributed by atoms with Crippen LogP contribution in [0.3, 0.4) is 0 Å². The average Bonchev–Trinajstić information content (AvgIpc) is 3.09. The Bertz CT molecular complexity index is 894. The van der Waals surface area contributed by atoms with Crippen molar-refractivity contribution < 1.29 is 23.1 Å². The summed E-state index contributed by atoms with van der Waals surface area (Å²) in [7, 11) is 0. The molecule has 0 unspecified atom stereocenters. The third kappa shape index (κ3) is 3.94. The SMILES string of the molecule is O=C(O)c1ccc(Nc2nc(-c3cccs3)cc(C(F)(F)F)n2)cc1. The fourth-order valence-electron chi connectivity index (χ4n) is 2.02. The summed E-state index contributed by atoms with van der Waals surface area (Å²) in [6.45, 7) is 0. The Balaban J connectivity index is 1.97. The average molecular weight is 365 g/mol. The number of nitrogens with one attached hydrogen (secondary N) is 1. The first-order chi connectivity index (χ1) is 11.8. The minimum absolute atomic E-state index is 0.0646. The van der Waals surface area contributed by atoms with Crippen molar-refractivity contribution in [1.29, 1.82) is 0 Å². The van der Waals surface area contributed by atoms with Crippen LogP contribution < -0.4 is 5.32 Å². The van der Waals surface area contributed by atoms with Gasteiger partial charge in [0.2, 0.25) is 5.95 Å². The Kier molecular flexibility index (Phi) is 4.41. The summed E-state index contributed by atoms with van der Waals surface area (Å²) in [4.78, 5) is 19.0. The molecular weight excluding hydrogens is 355 g/mol. The minimum Gasteiger partial charge on any atom is -0.478 e. The molecule has 25 heavy (non-hydrogen) atoms. The van der Waals surface area contributed by atoms with E-state index in [9.17, 15) is 18.0 Å². The fourth-order valence-corrected chi connectivity index (χ4v) is 2.71. The van der Waals surface area contributed by atoms with Gasteiger partial charge in [-0.25, -0.2) is 14.8 Å². The van der Waals surface area contributed by atoms with Gasteiger partial charge in [-0.1, -0.05) is 6.07 Å². The predicted octanol–water partition coefficient (Wildman–Crippen LogP) is 4.67. The summed E-state index contributed by atoms with van der Waals surface area (Å²) in [5.41, 5.74) is -0.464. The van der Waals surface area contributed by atoms with E-state index in [1.807, 2.05) is 0 Å². The molecular formula is C16H10F3N3O2S. The van der Waals surface area contributed by atoms with Gasteiger partial charge < -0.3 is 10.4 Å². The highest BCUT2D eigenvalue weighted by molar-refractivity contribution is 7.13. The Morgan fingerprint density at radius 1 is 1.12 bits per heavy atom. The molecule has 128 valence electrons. The zero-order valence-corrected chi connectivity index (χ0v) is 13.2. The molecule has 2 aromatic heterocycles. The van der Waals surface area contributed by atoms with Crippen LogP contribution in [0, 0.1) is 0 Å². The quantitative estimate of drug-likeness (QED) is 0.703. The molecule has 0 spiro atoms. The summed E-state index contributed by atoms with van der Waals surface area (Å²) >= 11 is 1.26. The van der Waals surface area contributed by atoms with Crippen LogP contribution in [0.4, 0.5) is 24.8 Å². The second-order valence-electron chi connectivity index (χ2n) is 4.94. The maximum Gasteiger partial charge on any atom is 0.433 e. The van der Waals surface area contributed by atoms with E-state index in [-0.39, 0.29) is 17.2 Å². The molecule has 0 aliphatic carbocycles. The van der Waals surface area contributed by atoms with Crippen molar-refractivity contribution in [2.75, 3.05) is 5.32 Å². The maximum absolute atomic E-state index is 13.1. The zero-order valence-electron chi connectivity index (χ0n) is 12.4. The van der Waals surface area contributed by atoms with Crippen LogP contribution >= 0.6 is 11.3 Å². The number of carbonyl (C=O) groups is 1. The van der Waals surface area contributed by atoms with E-state index >= 15 is 0 Å². The summed E-state index contributed by atoms with van der Waals surface area (Å²) in [6.07, 6.45) is -4.61. The van der Waals surface area contributed by atoms with Gasteiger partial charge in [0.15, 0.2) is 5.69 Å². The Morgan fingerprint density at radius 2 is 1.84 bits per heavy atom. The third-order valence-corrected chi connectivity index (χ3v) is 4.07. The van der Waals surface area contributed by atoms with Crippen LogP contribution in [-0.2, 0) is 6.18 Å². The summed E-state index contributed by atoms with van der Waals surface area (Å²) in [6, 6.07) is 9.79. The van der Waals surface area contributed by atoms with E-state index in [1.165, 1.54) is 35.6 Å². The fraction of sp³-hybridized carbons (Fsp3) is 0.0625. The van der Waals surface area contributed by atoms with Crippen LogP contribution in [0.15, 0.2) is 47.8 Å². The van der Waals surface area contributed by atoms with Crippen molar-refractivity contribution in [3.8, 4) is 10.6 Å². The van der Waals surface area contributed by atoms with E-state index in [1.54, 1.807) is 17.5 Å². The largest absolute Gasteiger partial charge is 0.478 e. The normalized spacial score (nSPS) is 11.3. The van der Waals surface area contributed by atoms with Crippen molar-refractivity contribution in [1.82, 2.24) is 9.97 Å². The van der Waals surface area contributed by atoms with Gasteiger partial charge in [-0.05, 0) is 41.8 Å². The highest BCUT2D eigenvalue weighted by Crippen LogP contribution is 2.32. The Hall–Kier alpha value is -2.94. The third-order valence-electron chi connectivity index (χ3n) is 3.18. The Morgan fingerprint density at radius 3 is 2.40 bits per heavy atom. The number of alkyl halides is 3. The van der Waals surface area contributed by atoms with Gasteiger partial charge in [-0.15, -0.1) is 11.3 Å². The molecule has 0 bridgehead atoms. The van der Waals surface area contributed by atoms with Crippen molar-refractivity contribution in [3.63, 3.8) is 0 Å². The van der Waals surface area contributed by atoms with Crippen molar-refractivity contribution in [2.45, 2.75) is 6.18 Å².